The van der Waals surface area contributed by atoms with Crippen LogP contribution in [-0.4, -0.2) is 31.6 Å². The van der Waals surface area contributed by atoms with E-state index in [9.17, 15) is 9.59 Å². The molecule has 0 aliphatic carbocycles. The smallest absolute Gasteiger partial charge is 0.262 e. The molecule has 2 rings (SSSR count). The predicted molar refractivity (Wildman–Crippen MR) is 113 cm³/mol. The summed E-state index contributed by atoms with van der Waals surface area (Å²) in [6, 6.07) is 9.06. The maximum absolute atomic E-state index is 12.4. The van der Waals surface area contributed by atoms with E-state index in [1.165, 1.54) is 6.92 Å². The lowest BCUT2D eigenvalue weighted by atomic mass is 10.1. The van der Waals surface area contributed by atoms with Crippen LogP contribution >= 0.6 is 0 Å². The summed E-state index contributed by atoms with van der Waals surface area (Å²) in [5.41, 5.74) is 3.05. The number of benzene rings is 2. The van der Waals surface area contributed by atoms with Crippen LogP contribution in [0.2, 0.25) is 0 Å². The SMILES string of the molecule is CCOc1cc(NC(=O)COc2cc(C)cc(C)c2)c(OCC)cc1NC(C)=O. The number of carbonyl (C=O) groups excluding carboxylic acids is 2. The van der Waals surface area contributed by atoms with E-state index >= 15 is 0 Å². The van der Waals surface area contributed by atoms with Crippen molar-refractivity contribution in [1.82, 2.24) is 0 Å². The second kappa shape index (κ2) is 10.4. The molecule has 0 saturated heterocycles. The highest BCUT2D eigenvalue weighted by molar-refractivity contribution is 5.96. The molecule has 0 bridgehead atoms. The highest BCUT2D eigenvalue weighted by Crippen LogP contribution is 2.37. The Morgan fingerprint density at radius 3 is 1.79 bits per heavy atom. The number of hydrogen-bond donors (Lipinski definition) is 2. The standard InChI is InChI=1S/C22H28N2O5/c1-6-27-20-12-19(21(28-7-2)11-18(20)23-16(5)25)24-22(26)13-29-17-9-14(3)8-15(4)10-17/h8-12H,6-7,13H2,1-5H3,(H,23,25)(H,24,26). The minimum atomic E-state index is -0.333. The van der Waals surface area contributed by atoms with Gasteiger partial charge in [-0.1, -0.05) is 6.07 Å². The molecule has 29 heavy (non-hydrogen) atoms. The van der Waals surface area contributed by atoms with Crippen molar-refractivity contribution < 1.29 is 23.8 Å². The first-order valence-corrected chi connectivity index (χ1v) is 9.54. The predicted octanol–water partition coefficient (Wildman–Crippen LogP) is 4.08. The Kier molecular flexibility index (Phi) is 7.88. The quantitative estimate of drug-likeness (QED) is 0.662. The second-order valence-corrected chi connectivity index (χ2v) is 6.55. The Hall–Kier alpha value is -3.22. The highest BCUT2D eigenvalue weighted by Gasteiger charge is 2.15. The third-order valence-electron chi connectivity index (χ3n) is 3.83. The van der Waals surface area contributed by atoms with Crippen molar-refractivity contribution in [1.29, 1.82) is 0 Å². The van der Waals surface area contributed by atoms with Crippen molar-refractivity contribution >= 4 is 23.2 Å². The van der Waals surface area contributed by atoms with Gasteiger partial charge < -0.3 is 24.8 Å². The van der Waals surface area contributed by atoms with Gasteiger partial charge in [-0.05, 0) is 51.0 Å². The van der Waals surface area contributed by atoms with Crippen LogP contribution < -0.4 is 24.8 Å². The maximum Gasteiger partial charge on any atom is 0.262 e. The summed E-state index contributed by atoms with van der Waals surface area (Å²) in [6.45, 7) is 9.69. The Bertz CT molecular complexity index is 859. The molecule has 0 heterocycles. The third-order valence-corrected chi connectivity index (χ3v) is 3.83. The summed E-state index contributed by atoms with van der Waals surface area (Å²) in [5.74, 6) is 0.946. The Morgan fingerprint density at radius 2 is 1.31 bits per heavy atom. The van der Waals surface area contributed by atoms with Gasteiger partial charge in [0.25, 0.3) is 5.91 Å². The van der Waals surface area contributed by atoms with E-state index in [2.05, 4.69) is 10.6 Å². The molecule has 0 atom stereocenters. The van der Waals surface area contributed by atoms with Crippen LogP contribution in [0.4, 0.5) is 11.4 Å². The van der Waals surface area contributed by atoms with Gasteiger partial charge in [0.15, 0.2) is 6.61 Å². The van der Waals surface area contributed by atoms with Crippen molar-refractivity contribution in [3.63, 3.8) is 0 Å². The van der Waals surface area contributed by atoms with Crippen molar-refractivity contribution in [2.45, 2.75) is 34.6 Å². The topological polar surface area (TPSA) is 85.9 Å². The zero-order chi connectivity index (χ0) is 21.4. The molecule has 2 amide bonds. The van der Waals surface area contributed by atoms with Crippen LogP contribution in [0.3, 0.4) is 0 Å². The van der Waals surface area contributed by atoms with E-state index in [0.717, 1.165) is 11.1 Å². The van der Waals surface area contributed by atoms with Crippen LogP contribution in [0, 0.1) is 13.8 Å². The molecule has 2 aromatic rings. The summed E-state index contributed by atoms with van der Waals surface area (Å²) in [5, 5.41) is 5.51. The van der Waals surface area contributed by atoms with Crippen LogP contribution in [0.1, 0.15) is 31.9 Å². The molecule has 0 aliphatic heterocycles. The van der Waals surface area contributed by atoms with Gasteiger partial charge in [0.1, 0.15) is 17.2 Å². The number of aryl methyl sites for hydroxylation is 2. The third kappa shape index (κ3) is 6.71. The van der Waals surface area contributed by atoms with E-state index in [4.69, 9.17) is 14.2 Å². The molecule has 0 radical (unpaired) electrons. The molecule has 156 valence electrons. The fourth-order valence-corrected chi connectivity index (χ4v) is 2.85. The highest BCUT2D eigenvalue weighted by atomic mass is 16.5. The second-order valence-electron chi connectivity index (χ2n) is 6.55. The van der Waals surface area contributed by atoms with Crippen molar-refractivity contribution in [2.75, 3.05) is 30.5 Å². The minimum Gasteiger partial charge on any atom is -0.492 e. The summed E-state index contributed by atoms with van der Waals surface area (Å²) in [4.78, 5) is 23.9. The van der Waals surface area contributed by atoms with Gasteiger partial charge in [-0.15, -0.1) is 0 Å². The van der Waals surface area contributed by atoms with Crippen LogP contribution in [0.5, 0.6) is 17.2 Å². The van der Waals surface area contributed by atoms with E-state index in [0.29, 0.717) is 41.8 Å². The molecule has 0 unspecified atom stereocenters. The monoisotopic (exact) mass is 400 g/mol. The molecule has 7 heteroatoms. The first-order chi connectivity index (χ1) is 13.8. The van der Waals surface area contributed by atoms with Gasteiger partial charge in [-0.3, -0.25) is 9.59 Å². The van der Waals surface area contributed by atoms with Gasteiger partial charge in [0, 0.05) is 19.1 Å². The van der Waals surface area contributed by atoms with Crippen LogP contribution in [0.25, 0.3) is 0 Å². The first kappa shape index (κ1) is 22.1. The molecule has 2 N–H and O–H groups in total. The van der Waals surface area contributed by atoms with Gasteiger partial charge in [0.05, 0.1) is 24.6 Å². The summed E-state index contributed by atoms with van der Waals surface area (Å²) < 4.78 is 16.8. The Morgan fingerprint density at radius 1 is 0.793 bits per heavy atom. The lowest BCUT2D eigenvalue weighted by Gasteiger charge is -2.17. The summed E-state index contributed by atoms with van der Waals surface area (Å²) in [7, 11) is 0. The van der Waals surface area contributed by atoms with Gasteiger partial charge in [0.2, 0.25) is 5.91 Å². The molecule has 7 nitrogen and oxygen atoms in total. The van der Waals surface area contributed by atoms with Crippen molar-refractivity contribution in [3.05, 3.63) is 41.5 Å². The summed E-state index contributed by atoms with van der Waals surface area (Å²) in [6.07, 6.45) is 0. The number of anilines is 2. The first-order valence-electron chi connectivity index (χ1n) is 9.54. The number of ether oxygens (including phenoxy) is 3. The lowest BCUT2D eigenvalue weighted by Crippen LogP contribution is -2.21. The number of rotatable bonds is 9. The number of carbonyl (C=O) groups is 2. The molecule has 0 aliphatic rings. The van der Waals surface area contributed by atoms with Crippen molar-refractivity contribution in [2.24, 2.45) is 0 Å². The number of hydrogen-bond acceptors (Lipinski definition) is 5. The summed E-state index contributed by atoms with van der Waals surface area (Å²) >= 11 is 0. The fourth-order valence-electron chi connectivity index (χ4n) is 2.85. The zero-order valence-corrected chi connectivity index (χ0v) is 17.5. The lowest BCUT2D eigenvalue weighted by molar-refractivity contribution is -0.118. The molecule has 0 saturated carbocycles. The van der Waals surface area contributed by atoms with Gasteiger partial charge in [-0.2, -0.15) is 0 Å². The average molecular weight is 400 g/mol. The van der Waals surface area contributed by atoms with Gasteiger partial charge >= 0.3 is 0 Å². The maximum atomic E-state index is 12.4. The van der Waals surface area contributed by atoms with E-state index in [1.54, 1.807) is 12.1 Å². The zero-order valence-electron chi connectivity index (χ0n) is 17.5. The average Bonchev–Trinajstić information content (AvgIpc) is 2.62. The van der Waals surface area contributed by atoms with Gasteiger partial charge in [-0.25, -0.2) is 0 Å². The van der Waals surface area contributed by atoms with E-state index < -0.39 is 0 Å². The minimum absolute atomic E-state index is 0.147. The van der Waals surface area contributed by atoms with Crippen LogP contribution in [0.15, 0.2) is 30.3 Å². The molecule has 2 aromatic carbocycles. The Balaban J connectivity index is 2.18. The number of amides is 2. The van der Waals surface area contributed by atoms with E-state index in [1.807, 2.05) is 45.9 Å². The van der Waals surface area contributed by atoms with Crippen LogP contribution in [-0.2, 0) is 9.59 Å². The Labute approximate surface area is 171 Å². The molecule has 0 fully saturated rings. The number of nitrogens with one attached hydrogen (secondary N) is 2. The normalized spacial score (nSPS) is 10.2. The molecular weight excluding hydrogens is 372 g/mol. The molecule has 0 aromatic heterocycles. The van der Waals surface area contributed by atoms with E-state index in [-0.39, 0.29) is 18.4 Å². The largest absolute Gasteiger partial charge is 0.492 e. The van der Waals surface area contributed by atoms with Crippen molar-refractivity contribution in [3.8, 4) is 17.2 Å². The fraction of sp³-hybridized carbons (Fsp3) is 0.364. The molecule has 0 spiro atoms. The molecular formula is C22H28N2O5.